The molecule has 0 aromatic heterocycles. The van der Waals surface area contributed by atoms with Crippen molar-refractivity contribution in [2.45, 2.75) is 6.29 Å². The smallest absolute Gasteiger partial charge is 0.735 e. The third-order valence-electron chi connectivity index (χ3n) is 0.953. The SMILES string of the molecule is COC(CNS(=O)(=O)[O-])OC.[Na+]. The van der Waals surface area contributed by atoms with E-state index in [-0.39, 0.29) is 36.1 Å². The number of rotatable bonds is 5. The van der Waals surface area contributed by atoms with E-state index in [0.717, 1.165) is 0 Å². The standard InChI is InChI=1S/C4H11NO5S.Na/c1-9-4(10-2)3-5-11(6,7)8;/h4-5H,3H2,1-2H3,(H,6,7,8);/q;+1/p-1. The first-order chi connectivity index (χ1) is 4.99. The zero-order valence-electron chi connectivity index (χ0n) is 7.23. The van der Waals surface area contributed by atoms with Crippen LogP contribution in [0.1, 0.15) is 0 Å². The molecule has 0 spiro atoms. The van der Waals surface area contributed by atoms with Gasteiger partial charge in [0.15, 0.2) is 16.6 Å². The summed E-state index contributed by atoms with van der Waals surface area (Å²) in [5, 5.41) is 0. The molecule has 0 amide bonds. The maximum atomic E-state index is 9.99. The van der Waals surface area contributed by atoms with Gasteiger partial charge in [-0.25, -0.2) is 13.1 Å². The first-order valence-corrected chi connectivity index (χ1v) is 4.16. The number of nitrogens with one attached hydrogen (secondary N) is 1. The molecule has 1 N–H and O–H groups in total. The fourth-order valence-electron chi connectivity index (χ4n) is 0.433. The maximum Gasteiger partial charge on any atom is 1.00 e. The van der Waals surface area contributed by atoms with Gasteiger partial charge >= 0.3 is 29.6 Å². The van der Waals surface area contributed by atoms with Crippen molar-refractivity contribution in [1.82, 2.24) is 4.72 Å². The van der Waals surface area contributed by atoms with Gasteiger partial charge in [-0.05, 0) is 0 Å². The van der Waals surface area contributed by atoms with E-state index in [9.17, 15) is 13.0 Å². The van der Waals surface area contributed by atoms with Crippen molar-refractivity contribution in [3.63, 3.8) is 0 Å². The van der Waals surface area contributed by atoms with E-state index >= 15 is 0 Å². The Morgan fingerprint density at radius 2 is 1.83 bits per heavy atom. The monoisotopic (exact) mass is 207 g/mol. The minimum Gasteiger partial charge on any atom is -0.735 e. The molecule has 0 atom stereocenters. The van der Waals surface area contributed by atoms with E-state index < -0.39 is 16.6 Å². The molecule has 8 heteroatoms. The Labute approximate surface area is 93.8 Å². The summed E-state index contributed by atoms with van der Waals surface area (Å²) < 4.78 is 40.9. The molecule has 0 radical (unpaired) electrons. The molecular weight excluding hydrogens is 197 g/mol. The topological polar surface area (TPSA) is 87.7 Å². The van der Waals surface area contributed by atoms with Gasteiger partial charge < -0.3 is 14.0 Å². The van der Waals surface area contributed by atoms with Crippen molar-refractivity contribution in [2.24, 2.45) is 0 Å². The van der Waals surface area contributed by atoms with Gasteiger partial charge in [0, 0.05) is 14.2 Å². The molecule has 0 bridgehead atoms. The van der Waals surface area contributed by atoms with Gasteiger partial charge in [-0.3, -0.25) is 0 Å². The van der Waals surface area contributed by atoms with Crippen molar-refractivity contribution in [1.29, 1.82) is 0 Å². The van der Waals surface area contributed by atoms with Gasteiger partial charge in [0.1, 0.15) is 0 Å². The van der Waals surface area contributed by atoms with Crippen LogP contribution in [0.2, 0.25) is 0 Å². The second kappa shape index (κ2) is 7.22. The zero-order valence-corrected chi connectivity index (χ0v) is 10.1. The first kappa shape index (κ1) is 15.3. The first-order valence-electron chi connectivity index (χ1n) is 2.75. The van der Waals surface area contributed by atoms with Crippen molar-refractivity contribution in [3.05, 3.63) is 0 Å². The second-order valence-electron chi connectivity index (χ2n) is 1.70. The van der Waals surface area contributed by atoms with Crippen LogP contribution < -0.4 is 34.3 Å². The molecule has 0 saturated heterocycles. The normalized spacial score (nSPS) is 11.3. The Balaban J connectivity index is 0. The summed E-state index contributed by atoms with van der Waals surface area (Å²) in [5.74, 6) is 0. The largest absolute Gasteiger partial charge is 1.00 e. The van der Waals surface area contributed by atoms with Crippen molar-refractivity contribution in [2.75, 3.05) is 20.8 Å². The maximum absolute atomic E-state index is 9.99. The summed E-state index contributed by atoms with van der Waals surface area (Å²) in [6.45, 7) is -0.182. The second-order valence-corrected chi connectivity index (χ2v) is 2.90. The molecule has 0 fully saturated rings. The molecule has 0 aromatic rings. The molecule has 0 unspecified atom stereocenters. The molecule has 0 aliphatic rings. The van der Waals surface area contributed by atoms with Crippen LogP contribution in [0.25, 0.3) is 0 Å². The third-order valence-corrected chi connectivity index (χ3v) is 1.47. The number of hydrogen-bond donors (Lipinski definition) is 1. The van der Waals surface area contributed by atoms with Crippen LogP contribution in [0.15, 0.2) is 0 Å². The molecule has 12 heavy (non-hydrogen) atoms. The average molecular weight is 207 g/mol. The van der Waals surface area contributed by atoms with E-state index in [0.29, 0.717) is 0 Å². The summed E-state index contributed by atoms with van der Waals surface area (Å²) >= 11 is 0. The van der Waals surface area contributed by atoms with E-state index in [2.05, 4.69) is 9.47 Å². The Bertz CT molecular complexity index is 190. The van der Waals surface area contributed by atoms with Crippen molar-refractivity contribution >= 4 is 10.3 Å². The molecule has 0 saturated carbocycles. The van der Waals surface area contributed by atoms with Crippen molar-refractivity contribution in [3.8, 4) is 0 Å². The Morgan fingerprint density at radius 1 is 1.42 bits per heavy atom. The number of methoxy groups -OCH3 is 2. The Morgan fingerprint density at radius 3 is 2.08 bits per heavy atom. The summed E-state index contributed by atoms with van der Waals surface area (Å²) in [5.41, 5.74) is 0. The van der Waals surface area contributed by atoms with Crippen LogP contribution in [0.5, 0.6) is 0 Å². The average Bonchev–Trinajstić information content (AvgIpc) is 1.88. The predicted octanol–water partition coefficient (Wildman–Crippen LogP) is -4.34. The molecule has 0 aliphatic carbocycles. The molecule has 6 nitrogen and oxygen atoms in total. The fourth-order valence-corrected chi connectivity index (χ4v) is 0.773. The van der Waals surface area contributed by atoms with Crippen LogP contribution in [-0.4, -0.2) is 40.0 Å². The van der Waals surface area contributed by atoms with Crippen LogP contribution in [0, 0.1) is 0 Å². The van der Waals surface area contributed by atoms with Crippen LogP contribution in [-0.2, 0) is 19.8 Å². The molecule has 0 rings (SSSR count). The van der Waals surface area contributed by atoms with Crippen molar-refractivity contribution < 1.29 is 52.0 Å². The van der Waals surface area contributed by atoms with E-state index in [1.165, 1.54) is 14.2 Å². The van der Waals surface area contributed by atoms with E-state index in [4.69, 9.17) is 0 Å². The quantitative estimate of drug-likeness (QED) is 0.280. The van der Waals surface area contributed by atoms with Gasteiger partial charge in [0.2, 0.25) is 0 Å². The minimum absolute atomic E-state index is 0. The van der Waals surface area contributed by atoms with Crippen LogP contribution >= 0.6 is 0 Å². The van der Waals surface area contributed by atoms with Gasteiger partial charge in [-0.15, -0.1) is 0 Å². The number of ether oxygens (including phenoxy) is 2. The van der Waals surface area contributed by atoms with Crippen LogP contribution in [0.3, 0.4) is 0 Å². The van der Waals surface area contributed by atoms with Gasteiger partial charge in [-0.1, -0.05) is 0 Å². The van der Waals surface area contributed by atoms with E-state index in [1.807, 2.05) is 0 Å². The molecule has 0 aliphatic heterocycles. The predicted molar refractivity (Wildman–Crippen MR) is 35.5 cm³/mol. The number of hydrogen-bond acceptors (Lipinski definition) is 5. The Kier molecular flexibility index (Phi) is 9.19. The fraction of sp³-hybridized carbons (Fsp3) is 1.00. The molecule has 68 valence electrons. The minimum atomic E-state index is -4.40. The molecule has 0 heterocycles. The summed E-state index contributed by atoms with van der Waals surface area (Å²) in [6, 6.07) is 0. The summed E-state index contributed by atoms with van der Waals surface area (Å²) in [6.07, 6.45) is -0.723. The zero-order chi connectivity index (χ0) is 8.91. The van der Waals surface area contributed by atoms with Gasteiger partial charge in [-0.2, -0.15) is 0 Å². The van der Waals surface area contributed by atoms with E-state index in [1.54, 1.807) is 4.72 Å². The Hall–Kier alpha value is 0.790. The molecular formula is C4H10NNaO5S. The van der Waals surface area contributed by atoms with Gasteiger partial charge in [0.05, 0.1) is 6.54 Å². The third kappa shape index (κ3) is 8.88. The van der Waals surface area contributed by atoms with Gasteiger partial charge in [0.25, 0.3) is 0 Å². The van der Waals surface area contributed by atoms with Crippen LogP contribution in [0.4, 0.5) is 0 Å². The molecule has 0 aromatic carbocycles. The summed E-state index contributed by atoms with van der Waals surface area (Å²) in [4.78, 5) is 0. The summed E-state index contributed by atoms with van der Waals surface area (Å²) in [7, 11) is -1.72.